The van der Waals surface area contributed by atoms with E-state index < -0.39 is 24.3 Å². The van der Waals surface area contributed by atoms with E-state index in [0.29, 0.717) is 0 Å². The lowest BCUT2D eigenvalue weighted by Gasteiger charge is -2.15. The summed E-state index contributed by atoms with van der Waals surface area (Å²) in [5.41, 5.74) is 0.700. The Bertz CT molecular complexity index is 945. The van der Waals surface area contributed by atoms with Crippen LogP contribution in [0.3, 0.4) is 0 Å². The van der Waals surface area contributed by atoms with E-state index in [2.05, 4.69) is 0 Å². The SMILES string of the molecule is COc1cc(C#N)cc(Cl)c1OC(=O)CN1C(=O)c2ccccc2C1=O. The van der Waals surface area contributed by atoms with Crippen LogP contribution in [0.5, 0.6) is 11.5 Å². The number of hydrogen-bond donors (Lipinski definition) is 0. The number of carbonyl (C=O) groups is 3. The topological polar surface area (TPSA) is 96.7 Å². The Morgan fingerprint density at radius 2 is 1.81 bits per heavy atom. The zero-order valence-electron chi connectivity index (χ0n) is 13.5. The van der Waals surface area contributed by atoms with Gasteiger partial charge in [-0.3, -0.25) is 14.5 Å². The first-order chi connectivity index (χ1) is 12.5. The molecule has 0 radical (unpaired) electrons. The van der Waals surface area contributed by atoms with Gasteiger partial charge in [-0.25, -0.2) is 4.79 Å². The normalized spacial score (nSPS) is 12.6. The summed E-state index contributed by atoms with van der Waals surface area (Å²) in [6.07, 6.45) is 0. The Kier molecular flexibility index (Phi) is 4.61. The van der Waals surface area contributed by atoms with Crippen molar-refractivity contribution in [3.05, 3.63) is 58.1 Å². The molecule has 2 aromatic rings. The molecule has 7 nitrogen and oxygen atoms in total. The van der Waals surface area contributed by atoms with E-state index >= 15 is 0 Å². The molecule has 0 N–H and O–H groups in total. The third-order valence-corrected chi connectivity index (χ3v) is 4.02. The molecule has 0 saturated heterocycles. The maximum Gasteiger partial charge on any atom is 0.331 e. The van der Waals surface area contributed by atoms with E-state index in [1.165, 1.54) is 31.4 Å². The van der Waals surface area contributed by atoms with Crippen molar-refractivity contribution in [3.8, 4) is 17.6 Å². The van der Waals surface area contributed by atoms with Gasteiger partial charge >= 0.3 is 5.97 Å². The Morgan fingerprint density at radius 1 is 1.19 bits per heavy atom. The number of nitriles is 1. The number of benzene rings is 2. The number of esters is 1. The molecule has 0 bridgehead atoms. The lowest BCUT2D eigenvalue weighted by Crippen LogP contribution is -2.36. The minimum absolute atomic E-state index is 0.00314. The Balaban J connectivity index is 1.80. The largest absolute Gasteiger partial charge is 0.493 e. The minimum atomic E-state index is -0.871. The lowest BCUT2D eigenvalue weighted by atomic mass is 10.1. The van der Waals surface area contributed by atoms with Crippen molar-refractivity contribution in [3.63, 3.8) is 0 Å². The smallest absolute Gasteiger partial charge is 0.331 e. The van der Waals surface area contributed by atoms with Crippen molar-refractivity contribution >= 4 is 29.4 Å². The molecule has 26 heavy (non-hydrogen) atoms. The van der Waals surface area contributed by atoms with Crippen molar-refractivity contribution in [2.24, 2.45) is 0 Å². The Morgan fingerprint density at radius 3 is 2.35 bits per heavy atom. The van der Waals surface area contributed by atoms with E-state index in [0.717, 1.165) is 4.90 Å². The molecule has 0 fully saturated rings. The minimum Gasteiger partial charge on any atom is -0.493 e. The maximum absolute atomic E-state index is 12.3. The molecule has 0 aliphatic carbocycles. The van der Waals surface area contributed by atoms with E-state index in [4.69, 9.17) is 26.3 Å². The molecular weight excluding hydrogens is 360 g/mol. The number of nitrogens with zero attached hydrogens (tertiary/aromatic N) is 2. The molecule has 0 unspecified atom stereocenters. The van der Waals surface area contributed by atoms with Gasteiger partial charge in [0.25, 0.3) is 11.8 Å². The molecular formula is C18H11ClN2O5. The van der Waals surface area contributed by atoms with Gasteiger partial charge in [0.2, 0.25) is 0 Å². The lowest BCUT2D eigenvalue weighted by molar-refractivity contribution is -0.134. The van der Waals surface area contributed by atoms with E-state index in [9.17, 15) is 14.4 Å². The van der Waals surface area contributed by atoms with Crippen LogP contribution >= 0.6 is 11.6 Å². The number of methoxy groups -OCH3 is 1. The molecule has 0 aromatic heterocycles. The second kappa shape index (κ2) is 6.86. The fourth-order valence-corrected chi connectivity index (χ4v) is 2.79. The van der Waals surface area contributed by atoms with Gasteiger partial charge in [0.1, 0.15) is 6.54 Å². The highest BCUT2D eigenvalue weighted by molar-refractivity contribution is 6.32. The predicted octanol–water partition coefficient (Wildman–Crippen LogP) is 2.42. The molecule has 0 atom stereocenters. The summed E-state index contributed by atoms with van der Waals surface area (Å²) in [6.45, 7) is -0.578. The number of ether oxygens (including phenoxy) is 2. The van der Waals surface area contributed by atoms with Crippen molar-refractivity contribution in [1.82, 2.24) is 4.90 Å². The molecule has 130 valence electrons. The number of halogens is 1. The summed E-state index contributed by atoms with van der Waals surface area (Å²) < 4.78 is 10.2. The van der Waals surface area contributed by atoms with Crippen LogP contribution in [0.25, 0.3) is 0 Å². The van der Waals surface area contributed by atoms with E-state index in [-0.39, 0.29) is 33.2 Å². The van der Waals surface area contributed by atoms with Crippen LogP contribution in [0.1, 0.15) is 26.3 Å². The number of fused-ring (bicyclic) bond motifs is 1. The monoisotopic (exact) mass is 370 g/mol. The van der Waals surface area contributed by atoms with Crippen molar-refractivity contribution in [1.29, 1.82) is 5.26 Å². The first-order valence-electron chi connectivity index (χ1n) is 7.39. The summed E-state index contributed by atoms with van der Waals surface area (Å²) in [5.74, 6) is -2.01. The summed E-state index contributed by atoms with van der Waals surface area (Å²) >= 11 is 6.03. The van der Waals surface area contributed by atoms with Crippen LogP contribution in [-0.4, -0.2) is 36.3 Å². The highest BCUT2D eigenvalue weighted by Crippen LogP contribution is 2.36. The molecule has 1 aliphatic heterocycles. The average Bonchev–Trinajstić information content (AvgIpc) is 2.88. The molecule has 1 heterocycles. The maximum atomic E-state index is 12.3. The van der Waals surface area contributed by atoms with Gasteiger partial charge in [-0.15, -0.1) is 0 Å². The average molecular weight is 371 g/mol. The van der Waals surface area contributed by atoms with Gasteiger partial charge in [-0.1, -0.05) is 23.7 Å². The van der Waals surface area contributed by atoms with Crippen LogP contribution < -0.4 is 9.47 Å². The number of carbonyl (C=O) groups excluding carboxylic acids is 3. The summed E-state index contributed by atoms with van der Waals surface area (Å²) in [7, 11) is 1.33. The van der Waals surface area contributed by atoms with Crippen molar-refractivity contribution in [2.75, 3.05) is 13.7 Å². The standard InChI is InChI=1S/C18H11ClN2O5/c1-25-14-7-10(8-20)6-13(19)16(14)26-15(22)9-21-17(23)11-4-2-3-5-12(11)18(21)24/h2-7H,9H2,1H3. The van der Waals surface area contributed by atoms with Crippen LogP contribution in [0.4, 0.5) is 0 Å². The van der Waals surface area contributed by atoms with E-state index in [1.807, 2.05) is 6.07 Å². The second-order valence-electron chi connectivity index (χ2n) is 5.32. The van der Waals surface area contributed by atoms with Crippen LogP contribution in [-0.2, 0) is 4.79 Å². The Labute approximate surface area is 153 Å². The Hall–Kier alpha value is -3.37. The number of imide groups is 1. The zero-order chi connectivity index (χ0) is 18.8. The van der Waals surface area contributed by atoms with Crippen LogP contribution in [0.2, 0.25) is 5.02 Å². The first kappa shape index (κ1) is 17.5. The molecule has 3 rings (SSSR count). The fraction of sp³-hybridized carbons (Fsp3) is 0.111. The second-order valence-corrected chi connectivity index (χ2v) is 5.72. The summed E-state index contributed by atoms with van der Waals surface area (Å²) in [6, 6.07) is 10.9. The zero-order valence-corrected chi connectivity index (χ0v) is 14.2. The molecule has 0 saturated carbocycles. The van der Waals surface area contributed by atoms with Crippen molar-refractivity contribution < 1.29 is 23.9 Å². The van der Waals surface area contributed by atoms with Gasteiger partial charge in [0, 0.05) is 6.07 Å². The fourth-order valence-electron chi connectivity index (χ4n) is 2.54. The van der Waals surface area contributed by atoms with Gasteiger partial charge < -0.3 is 9.47 Å². The molecule has 1 aliphatic rings. The highest BCUT2D eigenvalue weighted by atomic mass is 35.5. The number of hydrogen-bond acceptors (Lipinski definition) is 6. The third kappa shape index (κ3) is 2.98. The quantitative estimate of drug-likeness (QED) is 0.466. The number of amides is 2. The van der Waals surface area contributed by atoms with Gasteiger partial charge in [0.05, 0.1) is 34.9 Å². The predicted molar refractivity (Wildman–Crippen MR) is 90.2 cm³/mol. The van der Waals surface area contributed by atoms with Crippen molar-refractivity contribution in [2.45, 2.75) is 0 Å². The van der Waals surface area contributed by atoms with Crippen LogP contribution in [0.15, 0.2) is 36.4 Å². The van der Waals surface area contributed by atoms with Gasteiger partial charge in [0.15, 0.2) is 11.5 Å². The molecule has 2 amide bonds. The molecule has 0 spiro atoms. The summed E-state index contributed by atoms with van der Waals surface area (Å²) in [4.78, 5) is 37.6. The third-order valence-electron chi connectivity index (χ3n) is 3.74. The van der Waals surface area contributed by atoms with E-state index in [1.54, 1.807) is 12.1 Å². The van der Waals surface area contributed by atoms with Gasteiger partial charge in [-0.05, 0) is 18.2 Å². The van der Waals surface area contributed by atoms with Crippen LogP contribution in [0, 0.1) is 11.3 Å². The first-order valence-corrected chi connectivity index (χ1v) is 7.77. The highest BCUT2D eigenvalue weighted by Gasteiger charge is 2.36. The van der Waals surface area contributed by atoms with Gasteiger partial charge in [-0.2, -0.15) is 5.26 Å². The summed E-state index contributed by atoms with van der Waals surface area (Å²) in [5, 5.41) is 8.93. The molecule has 8 heteroatoms. The molecule has 2 aromatic carbocycles. The number of rotatable bonds is 4.